The van der Waals surface area contributed by atoms with Crippen molar-refractivity contribution in [3.05, 3.63) is 90.0 Å². The van der Waals surface area contributed by atoms with Gasteiger partial charge in [0, 0.05) is 17.9 Å². The molecule has 142 valence electrons. The predicted molar refractivity (Wildman–Crippen MR) is 109 cm³/mol. The van der Waals surface area contributed by atoms with Crippen molar-refractivity contribution in [3.8, 4) is 11.1 Å². The Balaban J connectivity index is 1.76. The van der Waals surface area contributed by atoms with E-state index in [1.54, 1.807) is 24.3 Å². The highest BCUT2D eigenvalue weighted by atomic mass is 16.5. The molecule has 0 unspecified atom stereocenters. The third kappa shape index (κ3) is 4.64. The summed E-state index contributed by atoms with van der Waals surface area (Å²) in [5.41, 5.74) is 3.44. The van der Waals surface area contributed by atoms with E-state index in [0.29, 0.717) is 17.9 Å². The fourth-order valence-corrected chi connectivity index (χ4v) is 2.82. The molecule has 0 aromatic heterocycles. The first-order valence-electron chi connectivity index (χ1n) is 8.99. The monoisotopic (exact) mass is 375 g/mol. The molecule has 0 bridgehead atoms. The molecule has 3 rings (SSSR count). The Kier molecular flexibility index (Phi) is 6.19. The van der Waals surface area contributed by atoms with Crippen molar-refractivity contribution >= 4 is 17.4 Å². The number of rotatable bonds is 8. The molecule has 3 aromatic rings. The van der Waals surface area contributed by atoms with E-state index >= 15 is 0 Å². The first-order valence-corrected chi connectivity index (χ1v) is 8.99. The number of nitrogens with one attached hydrogen (secondary N) is 1. The molecule has 0 heterocycles. The Morgan fingerprint density at radius 1 is 0.857 bits per heavy atom. The molecule has 1 atom stereocenters. The molecular formula is C23H21NO4. The number of hydrogen-bond acceptors (Lipinski definition) is 4. The van der Waals surface area contributed by atoms with Gasteiger partial charge in [0.2, 0.25) is 5.78 Å². The number of carboxylic acids is 1. The van der Waals surface area contributed by atoms with Gasteiger partial charge in [-0.3, -0.25) is 4.79 Å². The molecule has 2 N–H and O–H groups in total. The average molecular weight is 375 g/mol. The van der Waals surface area contributed by atoms with Gasteiger partial charge in [-0.15, -0.1) is 0 Å². The highest BCUT2D eigenvalue weighted by Gasteiger charge is 2.20. The predicted octanol–water partition coefficient (Wildman–Crippen LogP) is 4.71. The second-order valence-corrected chi connectivity index (χ2v) is 6.17. The molecule has 0 aliphatic heterocycles. The Bertz CT molecular complexity index is 935. The molecule has 0 spiro atoms. The van der Waals surface area contributed by atoms with Crippen LogP contribution in [0.3, 0.4) is 0 Å². The molecule has 28 heavy (non-hydrogen) atoms. The van der Waals surface area contributed by atoms with E-state index in [9.17, 15) is 9.59 Å². The minimum atomic E-state index is -0.998. The summed E-state index contributed by atoms with van der Waals surface area (Å²) in [6.07, 6.45) is -0.858. The number of ether oxygens (including phenoxy) is 1. The zero-order valence-electron chi connectivity index (χ0n) is 15.5. The highest BCUT2D eigenvalue weighted by molar-refractivity contribution is 6.01. The van der Waals surface area contributed by atoms with Gasteiger partial charge < -0.3 is 15.2 Å². The lowest BCUT2D eigenvalue weighted by Gasteiger charge is -2.19. The normalized spacial score (nSPS) is 11.6. The van der Waals surface area contributed by atoms with Crippen LogP contribution in [0.4, 0.5) is 5.69 Å². The number of hydrogen-bond donors (Lipinski definition) is 2. The SMILES string of the molecule is CCO[C@@H](Nc1ccc(C(=O)O)cc1)C(=O)c1ccc(-c2ccccc2)cc1. The number of carbonyl (C=O) groups is 2. The number of Topliss-reactive ketones (excluding diaryl/α,β-unsaturated/α-hetero) is 1. The Labute approximate surface area is 163 Å². The van der Waals surface area contributed by atoms with Crippen molar-refractivity contribution in [2.75, 3.05) is 11.9 Å². The topological polar surface area (TPSA) is 75.6 Å². The van der Waals surface area contributed by atoms with E-state index in [0.717, 1.165) is 11.1 Å². The van der Waals surface area contributed by atoms with Crippen LogP contribution in [0.25, 0.3) is 11.1 Å². The number of anilines is 1. The van der Waals surface area contributed by atoms with Crippen molar-refractivity contribution < 1.29 is 19.4 Å². The van der Waals surface area contributed by atoms with Crippen LogP contribution in [0.2, 0.25) is 0 Å². The smallest absolute Gasteiger partial charge is 0.335 e. The first-order chi connectivity index (χ1) is 13.6. The Hall–Kier alpha value is -3.44. The van der Waals surface area contributed by atoms with Crippen molar-refractivity contribution in [3.63, 3.8) is 0 Å². The van der Waals surface area contributed by atoms with E-state index in [4.69, 9.17) is 9.84 Å². The van der Waals surface area contributed by atoms with Gasteiger partial charge >= 0.3 is 5.97 Å². The van der Waals surface area contributed by atoms with Crippen molar-refractivity contribution in [1.29, 1.82) is 0 Å². The summed E-state index contributed by atoms with van der Waals surface area (Å²) in [5.74, 6) is -1.19. The van der Waals surface area contributed by atoms with Gasteiger partial charge in [-0.25, -0.2) is 4.79 Å². The van der Waals surface area contributed by atoms with Gasteiger partial charge in [-0.2, -0.15) is 0 Å². The largest absolute Gasteiger partial charge is 0.478 e. The van der Waals surface area contributed by atoms with Gasteiger partial charge in [0.25, 0.3) is 0 Å². The van der Waals surface area contributed by atoms with Crippen LogP contribution in [0.1, 0.15) is 27.6 Å². The number of carbonyl (C=O) groups excluding carboxylic acids is 1. The number of benzene rings is 3. The average Bonchev–Trinajstić information content (AvgIpc) is 2.74. The Morgan fingerprint density at radius 3 is 2.00 bits per heavy atom. The minimum absolute atomic E-state index is 0.182. The molecule has 0 saturated heterocycles. The fourth-order valence-electron chi connectivity index (χ4n) is 2.82. The quantitative estimate of drug-likeness (QED) is 0.440. The molecule has 0 fully saturated rings. The lowest BCUT2D eigenvalue weighted by atomic mass is 10.0. The summed E-state index contributed by atoms with van der Waals surface area (Å²) in [6.45, 7) is 2.17. The maximum atomic E-state index is 12.9. The van der Waals surface area contributed by atoms with E-state index in [1.807, 2.05) is 49.4 Å². The maximum absolute atomic E-state index is 12.9. The van der Waals surface area contributed by atoms with Crippen LogP contribution < -0.4 is 5.32 Å². The van der Waals surface area contributed by atoms with Crippen LogP contribution in [0, 0.1) is 0 Å². The molecule has 5 nitrogen and oxygen atoms in total. The van der Waals surface area contributed by atoms with Crippen molar-refractivity contribution in [1.82, 2.24) is 0 Å². The molecule has 0 aliphatic rings. The van der Waals surface area contributed by atoms with E-state index in [2.05, 4.69) is 5.32 Å². The van der Waals surface area contributed by atoms with Gasteiger partial charge in [0.05, 0.1) is 5.56 Å². The van der Waals surface area contributed by atoms with Crippen LogP contribution in [0.15, 0.2) is 78.9 Å². The Morgan fingerprint density at radius 2 is 1.43 bits per heavy atom. The highest BCUT2D eigenvalue weighted by Crippen LogP contribution is 2.20. The molecular weight excluding hydrogens is 354 g/mol. The van der Waals surface area contributed by atoms with Crippen LogP contribution in [0.5, 0.6) is 0 Å². The second-order valence-electron chi connectivity index (χ2n) is 6.17. The van der Waals surface area contributed by atoms with Crippen molar-refractivity contribution in [2.45, 2.75) is 13.2 Å². The van der Waals surface area contributed by atoms with Crippen LogP contribution >= 0.6 is 0 Å². The van der Waals surface area contributed by atoms with Crippen molar-refractivity contribution in [2.24, 2.45) is 0 Å². The standard InChI is InChI=1S/C23H21NO4/c1-2-28-22(24-20-14-12-19(13-15-20)23(26)27)21(25)18-10-8-17(9-11-18)16-6-4-3-5-7-16/h3-15,22,24H,2H2,1H3,(H,26,27)/t22-/m1/s1. The van der Waals surface area contributed by atoms with Gasteiger partial charge in [-0.05, 0) is 42.3 Å². The molecule has 5 heteroatoms. The lowest BCUT2D eigenvalue weighted by Crippen LogP contribution is -2.32. The zero-order chi connectivity index (χ0) is 19.9. The number of aromatic carboxylic acids is 1. The fraction of sp³-hybridized carbons (Fsp3) is 0.130. The summed E-state index contributed by atoms with van der Waals surface area (Å²) in [7, 11) is 0. The molecule has 0 saturated carbocycles. The molecule has 0 radical (unpaired) electrons. The summed E-state index contributed by atoms with van der Waals surface area (Å²) in [6, 6.07) is 23.5. The molecule has 0 amide bonds. The van der Waals surface area contributed by atoms with E-state index in [-0.39, 0.29) is 11.3 Å². The third-order valence-electron chi connectivity index (χ3n) is 4.28. The summed E-state index contributed by atoms with van der Waals surface area (Å²) >= 11 is 0. The van der Waals surface area contributed by atoms with Crippen LogP contribution in [-0.2, 0) is 4.74 Å². The van der Waals surface area contributed by atoms with Crippen LogP contribution in [-0.4, -0.2) is 29.7 Å². The summed E-state index contributed by atoms with van der Waals surface area (Å²) < 4.78 is 5.58. The second kappa shape index (κ2) is 8.97. The first kappa shape index (κ1) is 19.3. The van der Waals surface area contributed by atoms with Gasteiger partial charge in [-0.1, -0.05) is 54.6 Å². The summed E-state index contributed by atoms with van der Waals surface area (Å²) in [4.78, 5) is 23.8. The van der Waals surface area contributed by atoms with E-state index in [1.165, 1.54) is 12.1 Å². The molecule has 3 aromatic carbocycles. The number of ketones is 1. The molecule has 0 aliphatic carbocycles. The minimum Gasteiger partial charge on any atom is -0.478 e. The van der Waals surface area contributed by atoms with E-state index < -0.39 is 12.2 Å². The summed E-state index contributed by atoms with van der Waals surface area (Å²) in [5, 5.41) is 12.0. The van der Waals surface area contributed by atoms with Gasteiger partial charge in [0.15, 0.2) is 6.23 Å². The van der Waals surface area contributed by atoms with Gasteiger partial charge in [0.1, 0.15) is 0 Å². The lowest BCUT2D eigenvalue weighted by molar-refractivity contribution is 0.0549. The number of carboxylic acid groups (broad SMARTS) is 1. The maximum Gasteiger partial charge on any atom is 0.335 e. The zero-order valence-corrected chi connectivity index (χ0v) is 15.5. The third-order valence-corrected chi connectivity index (χ3v) is 4.28.